The van der Waals surface area contributed by atoms with Gasteiger partial charge in [0.25, 0.3) is 0 Å². The van der Waals surface area contributed by atoms with Crippen molar-refractivity contribution in [2.45, 2.75) is 32.2 Å². The Morgan fingerprint density at radius 2 is 1.85 bits per heavy atom. The molecule has 0 aliphatic rings. The molecule has 5 nitrogen and oxygen atoms in total. The fourth-order valence-electron chi connectivity index (χ4n) is 1.19. The summed E-state index contributed by atoms with van der Waals surface area (Å²) in [5.74, 6) is -0.136. The molecule has 0 atom stereocenters. The third kappa shape index (κ3) is 3.31. The van der Waals surface area contributed by atoms with Crippen molar-refractivity contribution in [3.8, 4) is 0 Å². The zero-order valence-electron chi connectivity index (χ0n) is 8.22. The number of hydrogen-bond acceptors (Lipinski definition) is 3. The van der Waals surface area contributed by atoms with Gasteiger partial charge in [0.2, 0.25) is 10.0 Å². The zero-order chi connectivity index (χ0) is 10.7. The van der Waals surface area contributed by atoms with E-state index in [0.717, 1.165) is 6.26 Å². The van der Waals surface area contributed by atoms with Crippen LogP contribution in [0.2, 0.25) is 0 Å². The summed E-state index contributed by atoms with van der Waals surface area (Å²) in [6, 6.07) is 0. The molecule has 13 heavy (non-hydrogen) atoms. The minimum Gasteiger partial charge on any atom is -0.386 e. The Balaban J connectivity index is 4.90. The number of amidine groups is 1. The molecule has 0 rings (SSSR count). The van der Waals surface area contributed by atoms with Crippen LogP contribution in [0, 0.1) is 5.41 Å². The second-order valence-corrected chi connectivity index (χ2v) is 4.83. The molecule has 0 fully saturated rings. The lowest BCUT2D eigenvalue weighted by atomic mass is 9.93. The number of sulfonamides is 1. The summed E-state index contributed by atoms with van der Waals surface area (Å²) in [4.78, 5) is 0. The van der Waals surface area contributed by atoms with E-state index >= 15 is 0 Å². The summed E-state index contributed by atoms with van der Waals surface area (Å²) in [5.41, 5.74) is 4.45. The molecule has 0 aromatic rings. The van der Waals surface area contributed by atoms with E-state index in [9.17, 15) is 8.42 Å². The molecule has 0 saturated carbocycles. The van der Waals surface area contributed by atoms with Crippen LogP contribution in [0.1, 0.15) is 26.7 Å². The lowest BCUT2D eigenvalue weighted by Crippen LogP contribution is -2.56. The Hall–Kier alpha value is -0.620. The molecule has 4 N–H and O–H groups in total. The van der Waals surface area contributed by atoms with Gasteiger partial charge in [0.1, 0.15) is 5.84 Å². The van der Waals surface area contributed by atoms with Crippen LogP contribution in [0.25, 0.3) is 0 Å². The molecule has 78 valence electrons. The summed E-state index contributed by atoms with van der Waals surface area (Å²) < 4.78 is 24.4. The van der Waals surface area contributed by atoms with Gasteiger partial charge >= 0.3 is 0 Å². The minimum absolute atomic E-state index is 0.136. The third-order valence-corrected chi connectivity index (χ3v) is 2.86. The summed E-state index contributed by atoms with van der Waals surface area (Å²) in [6.45, 7) is 3.59. The van der Waals surface area contributed by atoms with E-state index in [0.29, 0.717) is 12.8 Å². The van der Waals surface area contributed by atoms with Crippen molar-refractivity contribution in [2.75, 3.05) is 6.26 Å². The van der Waals surface area contributed by atoms with Crippen LogP contribution in [0.3, 0.4) is 0 Å². The fourth-order valence-corrected chi connectivity index (χ4v) is 2.29. The van der Waals surface area contributed by atoms with Crippen LogP contribution in [-0.2, 0) is 10.0 Å². The van der Waals surface area contributed by atoms with Gasteiger partial charge in [-0.2, -0.15) is 0 Å². The van der Waals surface area contributed by atoms with Crippen LogP contribution in [0.15, 0.2) is 0 Å². The smallest absolute Gasteiger partial charge is 0.209 e. The Kier molecular flexibility index (Phi) is 3.87. The highest BCUT2D eigenvalue weighted by Crippen LogP contribution is 2.15. The topological polar surface area (TPSA) is 96.0 Å². The van der Waals surface area contributed by atoms with Gasteiger partial charge < -0.3 is 5.73 Å². The van der Waals surface area contributed by atoms with Gasteiger partial charge in [-0.25, -0.2) is 13.1 Å². The highest BCUT2D eigenvalue weighted by molar-refractivity contribution is 7.88. The maximum atomic E-state index is 11.0. The number of nitrogens with two attached hydrogens (primary N) is 1. The molecule has 0 spiro atoms. The van der Waals surface area contributed by atoms with Gasteiger partial charge in [0.15, 0.2) is 0 Å². The van der Waals surface area contributed by atoms with Gasteiger partial charge in [-0.05, 0) is 12.8 Å². The van der Waals surface area contributed by atoms with E-state index in [4.69, 9.17) is 11.1 Å². The van der Waals surface area contributed by atoms with Crippen molar-refractivity contribution < 1.29 is 8.42 Å². The van der Waals surface area contributed by atoms with E-state index in [1.165, 1.54) is 0 Å². The maximum absolute atomic E-state index is 11.0. The van der Waals surface area contributed by atoms with Gasteiger partial charge in [0.05, 0.1) is 11.8 Å². The quantitative estimate of drug-likeness (QED) is 0.438. The first-order valence-electron chi connectivity index (χ1n) is 4.11. The summed E-state index contributed by atoms with van der Waals surface area (Å²) >= 11 is 0. The monoisotopic (exact) mass is 207 g/mol. The van der Waals surface area contributed by atoms with E-state index in [1.54, 1.807) is 13.8 Å². The molecule has 0 aliphatic carbocycles. The SMILES string of the molecule is CCC(CC)(NS(C)(=O)=O)C(=N)N. The van der Waals surface area contributed by atoms with Crippen LogP contribution in [0.5, 0.6) is 0 Å². The zero-order valence-corrected chi connectivity index (χ0v) is 9.03. The molecule has 0 aromatic carbocycles. The molecule has 0 saturated heterocycles. The summed E-state index contributed by atoms with van der Waals surface area (Å²) in [6.07, 6.45) is 2.02. The molecular weight excluding hydrogens is 190 g/mol. The molecular formula is C7H17N3O2S. The lowest BCUT2D eigenvalue weighted by Gasteiger charge is -2.30. The Morgan fingerprint density at radius 1 is 1.46 bits per heavy atom. The van der Waals surface area contributed by atoms with Crippen LogP contribution in [0.4, 0.5) is 0 Å². The van der Waals surface area contributed by atoms with Gasteiger partial charge in [-0.15, -0.1) is 0 Å². The van der Waals surface area contributed by atoms with Gasteiger partial charge in [-0.3, -0.25) is 5.41 Å². The Labute approximate surface area is 79.3 Å². The van der Waals surface area contributed by atoms with E-state index in [2.05, 4.69) is 4.72 Å². The highest BCUT2D eigenvalue weighted by Gasteiger charge is 2.32. The van der Waals surface area contributed by atoms with Crippen LogP contribution in [-0.4, -0.2) is 26.0 Å². The normalized spacial score (nSPS) is 12.8. The van der Waals surface area contributed by atoms with E-state index in [-0.39, 0.29) is 5.84 Å². The summed E-state index contributed by atoms with van der Waals surface area (Å²) in [5, 5.41) is 7.33. The largest absolute Gasteiger partial charge is 0.386 e. The van der Waals surface area contributed by atoms with Crippen molar-refractivity contribution in [3.63, 3.8) is 0 Å². The fraction of sp³-hybridized carbons (Fsp3) is 0.857. The first-order chi connectivity index (χ1) is 5.77. The first kappa shape index (κ1) is 12.4. The average molecular weight is 207 g/mol. The minimum atomic E-state index is -3.32. The molecule has 6 heteroatoms. The number of hydrogen-bond donors (Lipinski definition) is 3. The Morgan fingerprint density at radius 3 is 1.92 bits per heavy atom. The first-order valence-corrected chi connectivity index (χ1v) is 6.00. The van der Waals surface area contributed by atoms with Gasteiger partial charge in [0, 0.05) is 0 Å². The van der Waals surface area contributed by atoms with Crippen molar-refractivity contribution in [3.05, 3.63) is 0 Å². The van der Waals surface area contributed by atoms with Crippen molar-refractivity contribution in [1.82, 2.24) is 4.72 Å². The Bertz CT molecular complexity index is 280. The van der Waals surface area contributed by atoms with Crippen molar-refractivity contribution >= 4 is 15.9 Å². The summed E-state index contributed by atoms with van der Waals surface area (Å²) in [7, 11) is -3.32. The predicted molar refractivity (Wildman–Crippen MR) is 53.2 cm³/mol. The van der Waals surface area contributed by atoms with Crippen LogP contribution < -0.4 is 10.5 Å². The second-order valence-electron chi connectivity index (χ2n) is 3.08. The molecule has 0 bridgehead atoms. The molecule has 0 aliphatic heterocycles. The van der Waals surface area contributed by atoms with Crippen LogP contribution >= 0.6 is 0 Å². The van der Waals surface area contributed by atoms with Crippen molar-refractivity contribution in [2.24, 2.45) is 5.73 Å². The average Bonchev–Trinajstić information content (AvgIpc) is 1.98. The number of rotatable bonds is 5. The predicted octanol–water partition coefficient (Wildman–Crippen LogP) is 0.0304. The third-order valence-electron chi connectivity index (χ3n) is 2.10. The highest BCUT2D eigenvalue weighted by atomic mass is 32.2. The maximum Gasteiger partial charge on any atom is 0.209 e. The number of nitrogens with one attached hydrogen (secondary N) is 2. The second kappa shape index (κ2) is 4.06. The molecule has 0 unspecified atom stereocenters. The standard InChI is InChI=1S/C7H17N3O2S/c1-4-7(5-2,6(8)9)10-13(3,11)12/h10H,4-5H2,1-3H3,(H3,8,9). The molecule has 0 amide bonds. The molecule has 0 radical (unpaired) electrons. The molecule has 0 heterocycles. The van der Waals surface area contributed by atoms with E-state index < -0.39 is 15.6 Å². The molecule has 0 aromatic heterocycles. The van der Waals surface area contributed by atoms with E-state index in [1.807, 2.05) is 0 Å². The van der Waals surface area contributed by atoms with Crippen molar-refractivity contribution in [1.29, 1.82) is 5.41 Å². The lowest BCUT2D eigenvalue weighted by molar-refractivity contribution is 0.461. The van der Waals surface area contributed by atoms with Gasteiger partial charge in [-0.1, -0.05) is 13.8 Å².